The minimum atomic E-state index is -0.582. The first-order valence-corrected chi connectivity index (χ1v) is 7.49. The highest BCUT2D eigenvalue weighted by molar-refractivity contribution is 5.80. The number of nitrogens with zero attached hydrogens (tertiary/aromatic N) is 2. The van der Waals surface area contributed by atoms with Gasteiger partial charge < -0.3 is 14.5 Å². The monoisotopic (exact) mass is 285 g/mol. The molecule has 0 bridgehead atoms. The average Bonchev–Trinajstić information content (AvgIpc) is 3.18. The van der Waals surface area contributed by atoms with E-state index >= 15 is 0 Å². The van der Waals surface area contributed by atoms with Crippen molar-refractivity contribution in [1.29, 1.82) is 0 Å². The van der Waals surface area contributed by atoms with Gasteiger partial charge in [0.05, 0.1) is 7.11 Å². The molecule has 5 heteroatoms. The molecule has 0 heterocycles. The Morgan fingerprint density at radius 3 is 2.40 bits per heavy atom. The van der Waals surface area contributed by atoms with Crippen molar-refractivity contribution in [1.82, 2.24) is 15.1 Å². The number of hydrogen-bond donors (Lipinski definition) is 1. The van der Waals surface area contributed by atoms with E-state index in [1.54, 1.807) is 0 Å². The van der Waals surface area contributed by atoms with E-state index in [0.29, 0.717) is 12.1 Å². The third-order valence-corrected chi connectivity index (χ3v) is 4.09. The summed E-state index contributed by atoms with van der Waals surface area (Å²) in [5.41, 5.74) is -0.582. The van der Waals surface area contributed by atoms with Crippen LogP contribution in [0.1, 0.15) is 33.1 Å². The molecule has 0 radical (unpaired) electrons. The van der Waals surface area contributed by atoms with Crippen LogP contribution < -0.4 is 5.32 Å². The van der Waals surface area contributed by atoms with Crippen LogP contribution >= 0.6 is 0 Å². The zero-order valence-corrected chi connectivity index (χ0v) is 13.9. The molecule has 2 unspecified atom stereocenters. The highest BCUT2D eigenvalue weighted by Gasteiger charge is 2.40. The van der Waals surface area contributed by atoms with E-state index < -0.39 is 5.54 Å². The molecule has 0 spiro atoms. The Kier molecular flexibility index (Phi) is 6.43. The zero-order chi connectivity index (χ0) is 15.3. The summed E-state index contributed by atoms with van der Waals surface area (Å²) in [4.78, 5) is 16.6. The fraction of sp³-hybridized carbons (Fsp3) is 0.933. The van der Waals surface area contributed by atoms with Gasteiger partial charge in [-0.25, -0.2) is 0 Å². The predicted octanol–water partition coefficient (Wildman–Crippen LogP) is 0.942. The van der Waals surface area contributed by atoms with Crippen LogP contribution in [0.2, 0.25) is 0 Å². The van der Waals surface area contributed by atoms with Gasteiger partial charge >= 0.3 is 5.97 Å². The van der Waals surface area contributed by atoms with E-state index in [1.807, 2.05) is 6.92 Å². The summed E-state index contributed by atoms with van der Waals surface area (Å²) in [6.45, 7) is 6.15. The molecule has 1 fully saturated rings. The highest BCUT2D eigenvalue weighted by atomic mass is 16.5. The van der Waals surface area contributed by atoms with Crippen molar-refractivity contribution < 1.29 is 9.53 Å². The molecule has 2 atom stereocenters. The molecule has 0 amide bonds. The molecule has 1 aliphatic carbocycles. The quantitative estimate of drug-likeness (QED) is 0.639. The Bertz CT molecular complexity index is 318. The van der Waals surface area contributed by atoms with Crippen LogP contribution in [0, 0.1) is 0 Å². The maximum absolute atomic E-state index is 12.1. The maximum atomic E-state index is 12.1. The van der Waals surface area contributed by atoms with E-state index in [4.69, 9.17) is 4.74 Å². The van der Waals surface area contributed by atoms with Crippen LogP contribution in [-0.2, 0) is 9.53 Å². The largest absolute Gasteiger partial charge is 0.468 e. The molecule has 0 aromatic rings. The molecule has 20 heavy (non-hydrogen) atoms. The molecular weight excluding hydrogens is 254 g/mol. The van der Waals surface area contributed by atoms with Crippen molar-refractivity contribution in [3.05, 3.63) is 0 Å². The standard InChI is InChI=1S/C15H31N3O2/c1-12(18(5)10-9-17(3)4)11-15(2,14(19)20-6)16-13-7-8-13/h12-13,16H,7-11H2,1-6H3. The molecule has 5 nitrogen and oxygen atoms in total. The van der Waals surface area contributed by atoms with Gasteiger partial charge in [0.15, 0.2) is 0 Å². The molecule has 118 valence electrons. The number of likely N-dealkylation sites (N-methyl/N-ethyl adjacent to an activating group) is 2. The molecule has 0 aliphatic heterocycles. The number of esters is 1. The number of nitrogens with one attached hydrogen (secondary N) is 1. The maximum Gasteiger partial charge on any atom is 0.325 e. The van der Waals surface area contributed by atoms with Crippen LogP contribution in [-0.4, -0.2) is 74.7 Å². The fourth-order valence-corrected chi connectivity index (χ4v) is 2.43. The number of carbonyl (C=O) groups excluding carboxylic acids is 1. The molecule has 1 rings (SSSR count). The Hall–Kier alpha value is -0.650. The van der Waals surface area contributed by atoms with Gasteiger partial charge in [0, 0.05) is 25.2 Å². The van der Waals surface area contributed by atoms with Crippen LogP contribution in [0.3, 0.4) is 0 Å². The fourth-order valence-electron chi connectivity index (χ4n) is 2.43. The SMILES string of the molecule is COC(=O)C(C)(CC(C)N(C)CCN(C)C)NC1CC1. The Morgan fingerprint density at radius 1 is 1.35 bits per heavy atom. The van der Waals surface area contributed by atoms with E-state index in [0.717, 1.165) is 32.4 Å². The highest BCUT2D eigenvalue weighted by Crippen LogP contribution is 2.26. The van der Waals surface area contributed by atoms with Gasteiger partial charge in [0.2, 0.25) is 0 Å². The second-order valence-electron chi connectivity index (χ2n) is 6.58. The molecule has 1 saturated carbocycles. The predicted molar refractivity (Wildman–Crippen MR) is 81.8 cm³/mol. The van der Waals surface area contributed by atoms with Gasteiger partial charge in [-0.05, 0) is 54.3 Å². The zero-order valence-electron chi connectivity index (χ0n) is 13.9. The first-order chi connectivity index (χ1) is 9.28. The lowest BCUT2D eigenvalue weighted by atomic mass is 9.92. The molecule has 1 N–H and O–H groups in total. The topological polar surface area (TPSA) is 44.8 Å². The van der Waals surface area contributed by atoms with E-state index in [1.165, 1.54) is 7.11 Å². The number of hydrogen-bond acceptors (Lipinski definition) is 5. The Labute approximate surface area is 123 Å². The van der Waals surface area contributed by atoms with Crippen molar-refractivity contribution in [3.63, 3.8) is 0 Å². The third kappa shape index (κ3) is 5.38. The van der Waals surface area contributed by atoms with Crippen molar-refractivity contribution in [3.8, 4) is 0 Å². The van der Waals surface area contributed by atoms with Crippen LogP contribution in [0.4, 0.5) is 0 Å². The second kappa shape index (κ2) is 7.38. The number of carbonyl (C=O) groups is 1. The van der Waals surface area contributed by atoms with Gasteiger partial charge in [-0.1, -0.05) is 0 Å². The first kappa shape index (κ1) is 17.4. The number of rotatable bonds is 9. The summed E-state index contributed by atoms with van der Waals surface area (Å²) < 4.78 is 4.99. The smallest absolute Gasteiger partial charge is 0.325 e. The van der Waals surface area contributed by atoms with Crippen LogP contribution in [0.15, 0.2) is 0 Å². The summed E-state index contributed by atoms with van der Waals surface area (Å²) in [7, 11) is 7.73. The summed E-state index contributed by atoms with van der Waals surface area (Å²) in [5.74, 6) is -0.155. The van der Waals surface area contributed by atoms with Gasteiger partial charge in [-0.15, -0.1) is 0 Å². The molecule has 0 aromatic carbocycles. The van der Waals surface area contributed by atoms with Gasteiger partial charge in [0.1, 0.15) is 5.54 Å². The Morgan fingerprint density at radius 2 is 1.95 bits per heavy atom. The van der Waals surface area contributed by atoms with Crippen molar-refractivity contribution in [2.75, 3.05) is 41.3 Å². The third-order valence-electron chi connectivity index (χ3n) is 4.09. The molecule has 0 aromatic heterocycles. The van der Waals surface area contributed by atoms with Gasteiger partial charge in [-0.2, -0.15) is 0 Å². The van der Waals surface area contributed by atoms with Crippen molar-refractivity contribution in [2.45, 2.75) is 50.7 Å². The lowest BCUT2D eigenvalue weighted by molar-refractivity contribution is -0.148. The molecule has 1 aliphatic rings. The molecular formula is C15H31N3O2. The van der Waals surface area contributed by atoms with Gasteiger partial charge in [-0.3, -0.25) is 10.1 Å². The summed E-state index contributed by atoms with van der Waals surface area (Å²) in [6, 6.07) is 0.809. The Balaban J connectivity index is 2.56. The number of methoxy groups -OCH3 is 1. The minimum Gasteiger partial charge on any atom is -0.468 e. The normalized spacial score (nSPS) is 20.0. The first-order valence-electron chi connectivity index (χ1n) is 7.49. The number of ether oxygens (including phenoxy) is 1. The summed E-state index contributed by atoms with van der Waals surface area (Å²) >= 11 is 0. The average molecular weight is 285 g/mol. The minimum absolute atomic E-state index is 0.155. The van der Waals surface area contributed by atoms with Gasteiger partial charge in [0.25, 0.3) is 0 Å². The lowest BCUT2D eigenvalue weighted by Crippen LogP contribution is -2.54. The summed E-state index contributed by atoms with van der Waals surface area (Å²) in [6.07, 6.45) is 3.09. The van der Waals surface area contributed by atoms with E-state index in [-0.39, 0.29) is 5.97 Å². The van der Waals surface area contributed by atoms with Crippen LogP contribution in [0.25, 0.3) is 0 Å². The van der Waals surface area contributed by atoms with Crippen molar-refractivity contribution >= 4 is 5.97 Å². The molecule has 0 saturated heterocycles. The van der Waals surface area contributed by atoms with E-state index in [2.05, 4.69) is 43.2 Å². The van der Waals surface area contributed by atoms with E-state index in [9.17, 15) is 4.79 Å². The second-order valence-corrected chi connectivity index (χ2v) is 6.58. The summed E-state index contributed by atoms with van der Waals surface area (Å²) in [5, 5.41) is 3.46. The van der Waals surface area contributed by atoms with Crippen LogP contribution in [0.5, 0.6) is 0 Å². The lowest BCUT2D eigenvalue weighted by Gasteiger charge is -2.35. The van der Waals surface area contributed by atoms with Crippen molar-refractivity contribution in [2.24, 2.45) is 0 Å².